The monoisotopic (exact) mass is 355 g/mol. The van der Waals surface area contributed by atoms with Crippen LogP contribution in [-0.4, -0.2) is 40.3 Å². The topological polar surface area (TPSA) is 71.8 Å². The number of rotatable bonds is 6. The lowest BCUT2D eigenvalue weighted by molar-refractivity contribution is 0.0952. The summed E-state index contributed by atoms with van der Waals surface area (Å²) in [6.45, 7) is 2.66. The molecule has 2 fully saturated rings. The van der Waals surface area contributed by atoms with E-state index in [1.54, 1.807) is 0 Å². The van der Waals surface area contributed by atoms with Gasteiger partial charge in [-0.15, -0.1) is 0 Å². The summed E-state index contributed by atoms with van der Waals surface area (Å²) in [7, 11) is 1.90. The Labute approximate surface area is 154 Å². The molecule has 0 spiro atoms. The highest BCUT2D eigenvalue weighted by atomic mass is 16.1. The molecule has 6 heteroatoms. The van der Waals surface area contributed by atoms with Crippen LogP contribution in [0.15, 0.2) is 12.3 Å². The Kier molecular flexibility index (Phi) is 4.94. The molecule has 140 valence electrons. The first-order valence-electron chi connectivity index (χ1n) is 10.0. The summed E-state index contributed by atoms with van der Waals surface area (Å²) < 4.78 is 2.09. The molecule has 6 nitrogen and oxygen atoms in total. The smallest absolute Gasteiger partial charge is 0.252 e. The van der Waals surface area contributed by atoms with Gasteiger partial charge in [-0.05, 0) is 45.7 Å². The molecule has 2 aliphatic carbocycles. The van der Waals surface area contributed by atoms with Gasteiger partial charge in [0, 0.05) is 24.2 Å². The van der Waals surface area contributed by atoms with Crippen LogP contribution < -0.4 is 10.6 Å². The maximum atomic E-state index is 12.9. The van der Waals surface area contributed by atoms with Gasteiger partial charge in [-0.1, -0.05) is 19.3 Å². The van der Waals surface area contributed by atoms with E-state index in [0.717, 1.165) is 35.1 Å². The Morgan fingerprint density at radius 3 is 2.73 bits per heavy atom. The SMILES string of the molecule is CNC(C)CNC(=O)c1cc(C2CC2)nc2c1cnn2C1CCCCC1. The lowest BCUT2D eigenvalue weighted by Crippen LogP contribution is -2.37. The molecule has 1 unspecified atom stereocenters. The predicted octanol–water partition coefficient (Wildman–Crippen LogP) is 3.15. The third-order valence-corrected chi connectivity index (χ3v) is 5.81. The van der Waals surface area contributed by atoms with Crippen molar-refractivity contribution in [2.45, 2.75) is 69.9 Å². The second kappa shape index (κ2) is 7.35. The molecule has 2 aliphatic rings. The summed E-state index contributed by atoms with van der Waals surface area (Å²) in [4.78, 5) is 17.8. The summed E-state index contributed by atoms with van der Waals surface area (Å²) in [6.07, 6.45) is 10.3. The minimum Gasteiger partial charge on any atom is -0.350 e. The summed E-state index contributed by atoms with van der Waals surface area (Å²) in [6, 6.07) is 2.65. The van der Waals surface area contributed by atoms with Crippen molar-refractivity contribution in [3.63, 3.8) is 0 Å². The second-order valence-electron chi connectivity index (χ2n) is 7.89. The van der Waals surface area contributed by atoms with Crippen LogP contribution in [0.2, 0.25) is 0 Å². The summed E-state index contributed by atoms with van der Waals surface area (Å²) in [5.41, 5.74) is 2.68. The third kappa shape index (κ3) is 3.47. The van der Waals surface area contributed by atoms with Crippen LogP contribution in [0, 0.1) is 0 Å². The molecule has 2 saturated carbocycles. The Bertz CT molecular complexity index is 789. The Morgan fingerprint density at radius 1 is 1.27 bits per heavy atom. The summed E-state index contributed by atoms with van der Waals surface area (Å²) in [5, 5.41) is 11.7. The molecule has 0 radical (unpaired) electrons. The van der Waals surface area contributed by atoms with Crippen molar-refractivity contribution in [2.75, 3.05) is 13.6 Å². The van der Waals surface area contributed by atoms with Gasteiger partial charge in [-0.2, -0.15) is 5.10 Å². The molecule has 2 heterocycles. The minimum absolute atomic E-state index is 0.0235. The zero-order valence-corrected chi connectivity index (χ0v) is 15.8. The highest BCUT2D eigenvalue weighted by Crippen LogP contribution is 2.40. The van der Waals surface area contributed by atoms with Crippen LogP contribution in [0.4, 0.5) is 0 Å². The maximum absolute atomic E-state index is 12.9. The molecule has 0 aliphatic heterocycles. The third-order valence-electron chi connectivity index (χ3n) is 5.81. The van der Waals surface area contributed by atoms with Gasteiger partial charge in [-0.3, -0.25) is 4.79 Å². The van der Waals surface area contributed by atoms with E-state index >= 15 is 0 Å². The van der Waals surface area contributed by atoms with Gasteiger partial charge < -0.3 is 10.6 Å². The zero-order chi connectivity index (χ0) is 18.1. The van der Waals surface area contributed by atoms with Crippen LogP contribution in [0.5, 0.6) is 0 Å². The Morgan fingerprint density at radius 2 is 2.04 bits per heavy atom. The first kappa shape index (κ1) is 17.5. The average Bonchev–Trinajstić information content (AvgIpc) is 3.45. The molecule has 1 amide bonds. The van der Waals surface area contributed by atoms with Gasteiger partial charge in [-0.25, -0.2) is 9.67 Å². The molecule has 2 aromatic heterocycles. The van der Waals surface area contributed by atoms with Crippen LogP contribution in [0.1, 0.15) is 79.9 Å². The van der Waals surface area contributed by atoms with Gasteiger partial charge in [0.2, 0.25) is 0 Å². The van der Waals surface area contributed by atoms with Crippen molar-refractivity contribution in [3.8, 4) is 0 Å². The number of carbonyl (C=O) groups is 1. The number of amides is 1. The number of fused-ring (bicyclic) bond motifs is 1. The number of carbonyl (C=O) groups excluding carboxylic acids is 1. The molecule has 1 atom stereocenters. The maximum Gasteiger partial charge on any atom is 0.252 e. The largest absolute Gasteiger partial charge is 0.350 e. The van der Waals surface area contributed by atoms with E-state index in [4.69, 9.17) is 4.98 Å². The van der Waals surface area contributed by atoms with Crippen LogP contribution in [0.25, 0.3) is 11.0 Å². The fourth-order valence-electron chi connectivity index (χ4n) is 3.85. The molecular formula is C20H29N5O. The van der Waals surface area contributed by atoms with Gasteiger partial charge in [0.1, 0.15) is 0 Å². The Hall–Kier alpha value is -1.95. The number of nitrogens with one attached hydrogen (secondary N) is 2. The quantitative estimate of drug-likeness (QED) is 0.835. The van der Waals surface area contributed by atoms with E-state index in [-0.39, 0.29) is 11.9 Å². The number of nitrogens with zero attached hydrogens (tertiary/aromatic N) is 3. The summed E-state index contributed by atoms with van der Waals surface area (Å²) in [5.74, 6) is 0.487. The fraction of sp³-hybridized carbons (Fsp3) is 0.650. The van der Waals surface area contributed by atoms with Crippen molar-refractivity contribution < 1.29 is 4.79 Å². The highest BCUT2D eigenvalue weighted by molar-refractivity contribution is 6.05. The van der Waals surface area contributed by atoms with Crippen molar-refractivity contribution >= 4 is 16.9 Å². The standard InChI is InChI=1S/C20H29N5O/c1-13(21-2)11-22-20(26)16-10-18(14-8-9-14)24-19-17(16)12-23-25(19)15-6-4-3-5-7-15/h10,12-15,21H,3-9,11H2,1-2H3,(H,22,26). The molecule has 2 aromatic rings. The first-order chi connectivity index (χ1) is 12.7. The lowest BCUT2D eigenvalue weighted by Gasteiger charge is -2.22. The van der Waals surface area contributed by atoms with Crippen molar-refractivity contribution in [1.82, 2.24) is 25.4 Å². The van der Waals surface area contributed by atoms with Crippen LogP contribution in [-0.2, 0) is 0 Å². The van der Waals surface area contributed by atoms with E-state index in [0.29, 0.717) is 18.5 Å². The van der Waals surface area contributed by atoms with Crippen molar-refractivity contribution in [1.29, 1.82) is 0 Å². The average molecular weight is 355 g/mol. The number of aromatic nitrogens is 3. The van der Waals surface area contributed by atoms with Gasteiger partial charge in [0.15, 0.2) is 5.65 Å². The number of hydrogen-bond donors (Lipinski definition) is 2. The molecule has 0 aromatic carbocycles. The normalized spacial score (nSPS) is 19.6. The van der Waals surface area contributed by atoms with Gasteiger partial charge >= 0.3 is 0 Å². The van der Waals surface area contributed by atoms with E-state index in [1.165, 1.54) is 32.1 Å². The van der Waals surface area contributed by atoms with E-state index in [2.05, 4.69) is 27.3 Å². The molecule has 4 rings (SSSR count). The molecule has 2 N–H and O–H groups in total. The minimum atomic E-state index is -0.0235. The summed E-state index contributed by atoms with van der Waals surface area (Å²) >= 11 is 0. The van der Waals surface area contributed by atoms with E-state index in [9.17, 15) is 4.79 Å². The zero-order valence-electron chi connectivity index (χ0n) is 15.8. The fourth-order valence-corrected chi connectivity index (χ4v) is 3.85. The van der Waals surface area contributed by atoms with Crippen LogP contribution in [0.3, 0.4) is 0 Å². The Balaban J connectivity index is 1.69. The first-order valence-corrected chi connectivity index (χ1v) is 10.0. The molecular weight excluding hydrogens is 326 g/mol. The van der Waals surface area contributed by atoms with E-state index < -0.39 is 0 Å². The predicted molar refractivity (Wildman–Crippen MR) is 102 cm³/mol. The number of likely N-dealkylation sites (N-methyl/N-ethyl adjacent to an activating group) is 1. The van der Waals surface area contributed by atoms with Gasteiger partial charge in [0.05, 0.1) is 23.2 Å². The van der Waals surface area contributed by atoms with Crippen molar-refractivity contribution in [2.24, 2.45) is 0 Å². The van der Waals surface area contributed by atoms with Crippen molar-refractivity contribution in [3.05, 3.63) is 23.5 Å². The molecule has 0 bridgehead atoms. The second-order valence-corrected chi connectivity index (χ2v) is 7.89. The molecule has 0 saturated heterocycles. The molecule has 26 heavy (non-hydrogen) atoms. The lowest BCUT2D eigenvalue weighted by atomic mass is 9.95. The number of hydrogen-bond acceptors (Lipinski definition) is 4. The van der Waals surface area contributed by atoms with Gasteiger partial charge in [0.25, 0.3) is 5.91 Å². The number of pyridine rings is 1. The van der Waals surface area contributed by atoms with Crippen LogP contribution >= 0.6 is 0 Å². The van der Waals surface area contributed by atoms with E-state index in [1.807, 2.05) is 19.3 Å². The highest BCUT2D eigenvalue weighted by Gasteiger charge is 2.29.